The van der Waals surface area contributed by atoms with Gasteiger partial charge in [0.2, 0.25) is 0 Å². The third-order valence-electron chi connectivity index (χ3n) is 0.799. The first-order valence-corrected chi connectivity index (χ1v) is 2.97. The maximum Gasteiger partial charge on any atom is 0.355 e. The van der Waals surface area contributed by atoms with Gasteiger partial charge in [-0.3, -0.25) is 0 Å². The SMILES string of the molecule is CCOC(=O)/C(C)=N/OC. The highest BCUT2D eigenvalue weighted by Crippen LogP contribution is 1.83. The minimum atomic E-state index is -0.440. The molecule has 0 amide bonds. The first kappa shape index (κ1) is 8.94. The van der Waals surface area contributed by atoms with Gasteiger partial charge in [-0.2, -0.15) is 0 Å². The zero-order valence-corrected chi connectivity index (χ0v) is 6.38. The second-order valence-electron chi connectivity index (χ2n) is 1.58. The smallest absolute Gasteiger partial charge is 0.355 e. The number of carbonyl (C=O) groups excluding carboxylic acids is 1. The van der Waals surface area contributed by atoms with Gasteiger partial charge >= 0.3 is 5.97 Å². The number of carbonyl (C=O) groups is 1. The molecule has 0 aliphatic carbocycles. The molecule has 0 spiro atoms. The second kappa shape index (κ2) is 4.78. The van der Waals surface area contributed by atoms with Crippen LogP contribution in [0, 0.1) is 0 Å². The number of ether oxygens (including phenoxy) is 1. The molecule has 0 aromatic carbocycles. The third-order valence-corrected chi connectivity index (χ3v) is 0.799. The van der Waals surface area contributed by atoms with Crippen molar-refractivity contribution in [1.29, 1.82) is 0 Å². The largest absolute Gasteiger partial charge is 0.461 e. The summed E-state index contributed by atoms with van der Waals surface area (Å²) < 4.78 is 4.61. The normalized spacial score (nSPS) is 10.9. The number of hydrogen-bond donors (Lipinski definition) is 0. The summed E-state index contributed by atoms with van der Waals surface area (Å²) in [6, 6.07) is 0. The van der Waals surface area contributed by atoms with Gasteiger partial charge in [0.25, 0.3) is 0 Å². The molecule has 0 rings (SSSR count). The Kier molecular flexibility index (Phi) is 4.28. The van der Waals surface area contributed by atoms with E-state index < -0.39 is 5.97 Å². The van der Waals surface area contributed by atoms with Crippen LogP contribution in [0.5, 0.6) is 0 Å². The van der Waals surface area contributed by atoms with Crippen molar-refractivity contribution in [3.8, 4) is 0 Å². The summed E-state index contributed by atoms with van der Waals surface area (Å²) in [6.07, 6.45) is 0. The van der Waals surface area contributed by atoms with Crippen molar-refractivity contribution in [3.05, 3.63) is 0 Å². The van der Waals surface area contributed by atoms with E-state index in [2.05, 4.69) is 14.7 Å². The molecule has 0 radical (unpaired) electrons. The Bertz CT molecular complexity index is 142. The Morgan fingerprint density at radius 3 is 2.60 bits per heavy atom. The maximum atomic E-state index is 10.7. The van der Waals surface area contributed by atoms with Crippen molar-refractivity contribution < 1.29 is 14.4 Å². The van der Waals surface area contributed by atoms with E-state index in [1.165, 1.54) is 14.0 Å². The standard InChI is InChI=1S/C6H11NO3/c1-4-10-6(8)5(2)7-9-3/h4H2,1-3H3/b7-5+. The van der Waals surface area contributed by atoms with Gasteiger partial charge in [0, 0.05) is 0 Å². The van der Waals surface area contributed by atoms with Gasteiger partial charge in [0.15, 0.2) is 5.71 Å². The van der Waals surface area contributed by atoms with E-state index in [-0.39, 0.29) is 5.71 Å². The molecule has 0 heterocycles. The molecule has 0 aromatic heterocycles. The average molecular weight is 145 g/mol. The highest BCUT2D eigenvalue weighted by atomic mass is 16.6. The summed E-state index contributed by atoms with van der Waals surface area (Å²) >= 11 is 0. The lowest BCUT2D eigenvalue weighted by Crippen LogP contribution is -2.14. The van der Waals surface area contributed by atoms with Crippen LogP contribution in [0.15, 0.2) is 5.16 Å². The molecule has 4 heteroatoms. The first-order chi connectivity index (χ1) is 4.72. The molecule has 0 unspecified atom stereocenters. The molecular formula is C6H11NO3. The number of nitrogens with zero attached hydrogens (tertiary/aromatic N) is 1. The minimum absolute atomic E-state index is 0.226. The van der Waals surface area contributed by atoms with Gasteiger partial charge in [0.05, 0.1) is 6.61 Å². The van der Waals surface area contributed by atoms with Crippen LogP contribution in [0.25, 0.3) is 0 Å². The number of oxime groups is 1. The van der Waals surface area contributed by atoms with Crippen molar-refractivity contribution in [3.63, 3.8) is 0 Å². The van der Waals surface area contributed by atoms with E-state index in [9.17, 15) is 4.79 Å². The molecule has 0 N–H and O–H groups in total. The number of hydrogen-bond acceptors (Lipinski definition) is 4. The molecule has 0 aliphatic heterocycles. The average Bonchev–Trinajstić information content (AvgIpc) is 1.89. The van der Waals surface area contributed by atoms with Gasteiger partial charge in [-0.1, -0.05) is 5.16 Å². The van der Waals surface area contributed by atoms with E-state index in [1.54, 1.807) is 6.92 Å². The van der Waals surface area contributed by atoms with Crippen LogP contribution in [0.2, 0.25) is 0 Å². The van der Waals surface area contributed by atoms with Crippen molar-refractivity contribution >= 4 is 11.7 Å². The fourth-order valence-electron chi connectivity index (χ4n) is 0.410. The monoisotopic (exact) mass is 145 g/mol. The van der Waals surface area contributed by atoms with E-state index in [0.717, 1.165) is 0 Å². The minimum Gasteiger partial charge on any atom is -0.461 e. The maximum absolute atomic E-state index is 10.7. The van der Waals surface area contributed by atoms with Gasteiger partial charge in [-0.25, -0.2) is 4.79 Å². The Balaban J connectivity index is 3.82. The van der Waals surface area contributed by atoms with Crippen molar-refractivity contribution in [1.82, 2.24) is 0 Å². The summed E-state index contributed by atoms with van der Waals surface area (Å²) in [5, 5.41) is 3.39. The van der Waals surface area contributed by atoms with Crippen LogP contribution in [-0.2, 0) is 14.4 Å². The van der Waals surface area contributed by atoms with Gasteiger partial charge in [-0.15, -0.1) is 0 Å². The number of esters is 1. The van der Waals surface area contributed by atoms with Crippen LogP contribution >= 0.6 is 0 Å². The summed E-state index contributed by atoms with van der Waals surface area (Å²) in [4.78, 5) is 15.1. The molecule has 0 saturated heterocycles. The molecule has 4 nitrogen and oxygen atoms in total. The summed E-state index contributed by atoms with van der Waals surface area (Å²) in [7, 11) is 1.38. The number of rotatable bonds is 3. The first-order valence-electron chi connectivity index (χ1n) is 2.97. The predicted octanol–water partition coefficient (Wildman–Crippen LogP) is 0.572. The van der Waals surface area contributed by atoms with Crippen molar-refractivity contribution in [2.75, 3.05) is 13.7 Å². The van der Waals surface area contributed by atoms with E-state index in [4.69, 9.17) is 0 Å². The van der Waals surface area contributed by atoms with Gasteiger partial charge in [-0.05, 0) is 13.8 Å². The quantitative estimate of drug-likeness (QED) is 0.331. The van der Waals surface area contributed by atoms with Crippen molar-refractivity contribution in [2.45, 2.75) is 13.8 Å². The Labute approximate surface area is 59.8 Å². The zero-order chi connectivity index (χ0) is 7.98. The molecule has 0 atom stereocenters. The summed E-state index contributed by atoms with van der Waals surface area (Å²) in [5.74, 6) is -0.440. The topological polar surface area (TPSA) is 47.9 Å². The highest BCUT2D eigenvalue weighted by Gasteiger charge is 2.05. The zero-order valence-electron chi connectivity index (χ0n) is 6.38. The van der Waals surface area contributed by atoms with Crippen LogP contribution in [-0.4, -0.2) is 25.4 Å². The molecule has 0 saturated carbocycles. The molecule has 0 aliphatic rings. The fourth-order valence-corrected chi connectivity index (χ4v) is 0.410. The molecule has 0 aromatic rings. The molecule has 0 bridgehead atoms. The van der Waals surface area contributed by atoms with E-state index >= 15 is 0 Å². The lowest BCUT2D eigenvalue weighted by atomic mass is 10.4. The van der Waals surface area contributed by atoms with E-state index in [0.29, 0.717) is 6.61 Å². The highest BCUT2D eigenvalue weighted by molar-refractivity contribution is 6.35. The Morgan fingerprint density at radius 1 is 1.60 bits per heavy atom. The van der Waals surface area contributed by atoms with Crippen LogP contribution in [0.1, 0.15) is 13.8 Å². The Morgan fingerprint density at radius 2 is 2.20 bits per heavy atom. The third kappa shape index (κ3) is 3.06. The molecule has 10 heavy (non-hydrogen) atoms. The molecule has 0 fully saturated rings. The van der Waals surface area contributed by atoms with Gasteiger partial charge in [0.1, 0.15) is 7.11 Å². The lowest BCUT2D eigenvalue weighted by molar-refractivity contribution is -0.135. The van der Waals surface area contributed by atoms with Crippen LogP contribution in [0.4, 0.5) is 0 Å². The van der Waals surface area contributed by atoms with Crippen molar-refractivity contribution in [2.24, 2.45) is 5.16 Å². The summed E-state index contributed by atoms with van der Waals surface area (Å²) in [5.41, 5.74) is 0.226. The second-order valence-corrected chi connectivity index (χ2v) is 1.58. The fraction of sp³-hybridized carbons (Fsp3) is 0.667. The summed E-state index contributed by atoms with van der Waals surface area (Å²) in [6.45, 7) is 3.62. The van der Waals surface area contributed by atoms with Crippen LogP contribution < -0.4 is 0 Å². The predicted molar refractivity (Wildman–Crippen MR) is 36.8 cm³/mol. The lowest BCUT2D eigenvalue weighted by Gasteiger charge is -1.98. The van der Waals surface area contributed by atoms with E-state index in [1.807, 2.05) is 0 Å². The van der Waals surface area contributed by atoms with Gasteiger partial charge < -0.3 is 9.57 Å². The molecular weight excluding hydrogens is 134 g/mol. The molecule has 58 valence electrons. The Hall–Kier alpha value is -1.06. The van der Waals surface area contributed by atoms with Crippen LogP contribution in [0.3, 0.4) is 0 Å².